The highest BCUT2D eigenvalue weighted by Gasteiger charge is 2.33. The molecule has 3 aromatic rings. The fraction of sp³-hybridized carbons (Fsp3) is 0.0526. The number of carbonyl (C=O) groups is 2. The molecule has 3 heteroatoms. The van der Waals surface area contributed by atoms with E-state index < -0.39 is 0 Å². The third-order valence-corrected chi connectivity index (χ3v) is 4.10. The van der Waals surface area contributed by atoms with Crippen molar-refractivity contribution in [2.24, 2.45) is 0 Å². The van der Waals surface area contributed by atoms with Crippen molar-refractivity contribution in [1.29, 1.82) is 0 Å². The van der Waals surface area contributed by atoms with Crippen LogP contribution < -0.4 is 4.74 Å². The first-order valence-electron chi connectivity index (χ1n) is 7.00. The second-order valence-electron chi connectivity index (χ2n) is 5.25. The predicted octanol–water partition coefficient (Wildman–Crippen LogP) is 3.62. The van der Waals surface area contributed by atoms with Gasteiger partial charge in [0.15, 0.2) is 11.6 Å². The van der Waals surface area contributed by atoms with Gasteiger partial charge in [-0.05, 0) is 16.8 Å². The maximum absolute atomic E-state index is 12.9. The van der Waals surface area contributed by atoms with Crippen LogP contribution in [0.2, 0.25) is 0 Å². The first kappa shape index (κ1) is 12.8. The van der Waals surface area contributed by atoms with Gasteiger partial charge in [0, 0.05) is 16.7 Å². The first-order chi connectivity index (χ1) is 10.7. The molecule has 1 aliphatic carbocycles. The predicted molar refractivity (Wildman–Crippen MR) is 83.8 cm³/mol. The Balaban J connectivity index is 2.17. The van der Waals surface area contributed by atoms with Gasteiger partial charge < -0.3 is 4.74 Å². The van der Waals surface area contributed by atoms with Crippen LogP contribution in [0.15, 0.2) is 54.6 Å². The summed E-state index contributed by atoms with van der Waals surface area (Å²) in [4.78, 5) is 25.8. The molecule has 0 bridgehead atoms. The lowest BCUT2D eigenvalue weighted by molar-refractivity contribution is 0.0978. The molecule has 3 aromatic carbocycles. The fourth-order valence-corrected chi connectivity index (χ4v) is 3.09. The molecule has 0 amide bonds. The summed E-state index contributed by atoms with van der Waals surface area (Å²) in [5.41, 5.74) is 1.70. The lowest BCUT2D eigenvalue weighted by Crippen LogP contribution is -2.22. The van der Waals surface area contributed by atoms with Crippen LogP contribution in [0, 0.1) is 0 Å². The van der Waals surface area contributed by atoms with Crippen LogP contribution in [-0.4, -0.2) is 18.7 Å². The van der Waals surface area contributed by atoms with Gasteiger partial charge in [-0.3, -0.25) is 9.59 Å². The molecule has 0 aliphatic heterocycles. The summed E-state index contributed by atoms with van der Waals surface area (Å²) in [6.07, 6.45) is 0. The number of methoxy groups -OCH3 is 1. The summed E-state index contributed by atoms with van der Waals surface area (Å²) in [6, 6.07) is 16.3. The minimum Gasteiger partial charge on any atom is -0.496 e. The first-order valence-corrected chi connectivity index (χ1v) is 7.00. The minimum absolute atomic E-state index is 0.125. The van der Waals surface area contributed by atoms with Crippen LogP contribution in [-0.2, 0) is 0 Å². The number of hydrogen-bond donors (Lipinski definition) is 0. The maximum atomic E-state index is 12.9. The van der Waals surface area contributed by atoms with Crippen molar-refractivity contribution in [1.82, 2.24) is 0 Å². The summed E-state index contributed by atoms with van der Waals surface area (Å²) in [6.45, 7) is 0. The Bertz CT molecular complexity index is 954. The number of benzene rings is 3. The Labute approximate surface area is 127 Å². The number of fused-ring (bicyclic) bond motifs is 4. The third kappa shape index (κ3) is 1.56. The summed E-state index contributed by atoms with van der Waals surface area (Å²) in [7, 11) is 1.52. The van der Waals surface area contributed by atoms with E-state index in [1.165, 1.54) is 7.11 Å². The van der Waals surface area contributed by atoms with E-state index in [-0.39, 0.29) is 11.6 Å². The van der Waals surface area contributed by atoms with Crippen molar-refractivity contribution in [2.75, 3.05) is 7.11 Å². The van der Waals surface area contributed by atoms with Gasteiger partial charge in [0.1, 0.15) is 5.75 Å². The average Bonchev–Trinajstić information content (AvgIpc) is 2.58. The Kier molecular flexibility index (Phi) is 2.63. The number of ether oxygens (including phenoxy) is 1. The van der Waals surface area contributed by atoms with E-state index in [4.69, 9.17) is 4.74 Å². The van der Waals surface area contributed by atoms with Crippen LogP contribution in [0.25, 0.3) is 10.8 Å². The average molecular weight is 288 g/mol. The standard InChI is InChI=1S/C19H12O3/c1-22-15-10-11-6-2-3-7-12(11)16-17(15)19(21)14-9-5-4-8-13(14)18(16)20/h2-10H,1H3. The zero-order valence-electron chi connectivity index (χ0n) is 11.9. The largest absolute Gasteiger partial charge is 0.496 e. The van der Waals surface area contributed by atoms with E-state index in [0.29, 0.717) is 28.0 Å². The third-order valence-electron chi connectivity index (χ3n) is 4.10. The zero-order valence-corrected chi connectivity index (χ0v) is 11.9. The second-order valence-corrected chi connectivity index (χ2v) is 5.25. The van der Waals surface area contributed by atoms with E-state index in [1.807, 2.05) is 30.3 Å². The number of rotatable bonds is 1. The van der Waals surface area contributed by atoms with Gasteiger partial charge in [-0.25, -0.2) is 0 Å². The number of carbonyl (C=O) groups excluding carboxylic acids is 2. The number of hydrogen-bond acceptors (Lipinski definition) is 3. The van der Waals surface area contributed by atoms with Gasteiger partial charge in [-0.15, -0.1) is 0 Å². The van der Waals surface area contributed by atoms with Crippen molar-refractivity contribution in [2.45, 2.75) is 0 Å². The Morgan fingerprint density at radius 3 is 2.05 bits per heavy atom. The molecule has 0 heterocycles. The van der Waals surface area contributed by atoms with E-state index >= 15 is 0 Å². The molecular formula is C19H12O3. The van der Waals surface area contributed by atoms with Crippen molar-refractivity contribution in [3.05, 3.63) is 76.9 Å². The molecule has 0 fully saturated rings. The molecule has 106 valence electrons. The van der Waals surface area contributed by atoms with Crippen molar-refractivity contribution >= 4 is 22.3 Å². The van der Waals surface area contributed by atoms with E-state index in [9.17, 15) is 9.59 Å². The van der Waals surface area contributed by atoms with Gasteiger partial charge in [0.05, 0.1) is 12.7 Å². The molecule has 0 saturated heterocycles. The maximum Gasteiger partial charge on any atom is 0.198 e. The lowest BCUT2D eigenvalue weighted by Gasteiger charge is -2.21. The Morgan fingerprint density at radius 2 is 1.36 bits per heavy atom. The summed E-state index contributed by atoms with van der Waals surface area (Å²) in [5.74, 6) is 0.162. The highest BCUT2D eigenvalue weighted by Crippen LogP contribution is 2.38. The fourth-order valence-electron chi connectivity index (χ4n) is 3.09. The smallest absolute Gasteiger partial charge is 0.198 e. The molecule has 22 heavy (non-hydrogen) atoms. The monoisotopic (exact) mass is 288 g/mol. The topological polar surface area (TPSA) is 43.4 Å². The normalized spacial score (nSPS) is 13.0. The van der Waals surface area contributed by atoms with Crippen LogP contribution in [0.5, 0.6) is 5.75 Å². The molecule has 1 aliphatic rings. The van der Waals surface area contributed by atoms with Crippen LogP contribution in [0.3, 0.4) is 0 Å². The molecular weight excluding hydrogens is 276 g/mol. The molecule has 0 saturated carbocycles. The van der Waals surface area contributed by atoms with Crippen molar-refractivity contribution < 1.29 is 14.3 Å². The van der Waals surface area contributed by atoms with Gasteiger partial charge in [-0.2, -0.15) is 0 Å². The molecule has 4 rings (SSSR count). The van der Waals surface area contributed by atoms with Gasteiger partial charge in [0.25, 0.3) is 0 Å². The van der Waals surface area contributed by atoms with E-state index in [2.05, 4.69) is 0 Å². The quantitative estimate of drug-likeness (QED) is 0.537. The molecule has 0 N–H and O–H groups in total. The molecule has 0 aromatic heterocycles. The summed E-state index contributed by atoms with van der Waals surface area (Å²) < 4.78 is 5.38. The van der Waals surface area contributed by atoms with Gasteiger partial charge in [-0.1, -0.05) is 48.5 Å². The summed E-state index contributed by atoms with van der Waals surface area (Å²) in [5, 5.41) is 1.67. The highest BCUT2D eigenvalue weighted by molar-refractivity contribution is 6.33. The van der Waals surface area contributed by atoms with E-state index in [1.54, 1.807) is 24.3 Å². The van der Waals surface area contributed by atoms with Crippen molar-refractivity contribution in [3.8, 4) is 5.75 Å². The molecule has 0 atom stereocenters. The van der Waals surface area contributed by atoms with Crippen molar-refractivity contribution in [3.63, 3.8) is 0 Å². The molecule has 0 spiro atoms. The molecule has 0 unspecified atom stereocenters. The van der Waals surface area contributed by atoms with Gasteiger partial charge >= 0.3 is 0 Å². The Morgan fingerprint density at radius 1 is 0.773 bits per heavy atom. The lowest BCUT2D eigenvalue weighted by atomic mass is 9.81. The minimum atomic E-state index is -0.159. The Hall–Kier alpha value is -2.94. The summed E-state index contributed by atoms with van der Waals surface area (Å²) >= 11 is 0. The van der Waals surface area contributed by atoms with Crippen LogP contribution in [0.1, 0.15) is 31.8 Å². The SMILES string of the molecule is COc1cc2ccccc2c2c1C(=O)c1ccccc1C2=O. The van der Waals surface area contributed by atoms with Crippen LogP contribution in [0.4, 0.5) is 0 Å². The van der Waals surface area contributed by atoms with E-state index in [0.717, 1.165) is 10.8 Å². The number of ketones is 2. The van der Waals surface area contributed by atoms with Gasteiger partial charge in [0.2, 0.25) is 0 Å². The zero-order chi connectivity index (χ0) is 15.3. The molecule has 3 nitrogen and oxygen atoms in total. The highest BCUT2D eigenvalue weighted by atomic mass is 16.5. The second kappa shape index (κ2) is 4.53. The molecule has 0 radical (unpaired) electrons. The van der Waals surface area contributed by atoms with Crippen LogP contribution >= 0.6 is 0 Å².